The number of nitrogens with one attached hydrogen (secondary N) is 1. The highest BCUT2D eigenvalue weighted by Gasteiger charge is 2.44. The summed E-state index contributed by atoms with van der Waals surface area (Å²) in [5.74, 6) is 0.614. The first kappa shape index (κ1) is 23.4. The lowest BCUT2D eigenvalue weighted by molar-refractivity contribution is -0.123. The summed E-state index contributed by atoms with van der Waals surface area (Å²) >= 11 is 0. The topological polar surface area (TPSA) is 67.9 Å². The van der Waals surface area contributed by atoms with Crippen LogP contribution in [0.25, 0.3) is 0 Å². The van der Waals surface area contributed by atoms with Gasteiger partial charge in [0.15, 0.2) is 0 Å². The average Bonchev–Trinajstić information content (AvgIpc) is 2.89. The second kappa shape index (κ2) is 10.4. The van der Waals surface area contributed by atoms with Gasteiger partial charge < -0.3 is 14.8 Å². The Morgan fingerprint density at radius 2 is 1.53 bits per heavy atom. The van der Waals surface area contributed by atoms with E-state index in [0.717, 1.165) is 24.0 Å². The van der Waals surface area contributed by atoms with Crippen molar-refractivity contribution >= 4 is 17.5 Å². The minimum atomic E-state index is -0.568. The number of unbranched alkanes of at least 4 members (excludes halogenated alkanes) is 1. The normalized spacial score (nSPS) is 17.1. The van der Waals surface area contributed by atoms with Crippen molar-refractivity contribution in [3.05, 3.63) is 89.5 Å². The van der Waals surface area contributed by atoms with Gasteiger partial charge in [-0.25, -0.2) is 0 Å². The lowest BCUT2D eigenvalue weighted by atomic mass is 9.78. The summed E-state index contributed by atoms with van der Waals surface area (Å²) in [5.41, 5.74) is 2.84. The van der Waals surface area contributed by atoms with Crippen LogP contribution in [0, 0.1) is 0 Å². The van der Waals surface area contributed by atoms with E-state index in [0.29, 0.717) is 29.3 Å². The number of hydrogen-bond donors (Lipinski definition) is 1. The number of amides is 2. The third-order valence-electron chi connectivity index (χ3n) is 6.26. The molecule has 176 valence electrons. The van der Waals surface area contributed by atoms with Gasteiger partial charge in [0.05, 0.1) is 26.2 Å². The monoisotopic (exact) mass is 458 g/mol. The molecule has 3 aromatic rings. The van der Waals surface area contributed by atoms with Crippen LogP contribution in [-0.4, -0.2) is 32.6 Å². The van der Waals surface area contributed by atoms with Crippen molar-refractivity contribution < 1.29 is 19.1 Å². The maximum Gasteiger partial charge on any atom is 0.259 e. The zero-order chi connectivity index (χ0) is 24.1. The zero-order valence-corrected chi connectivity index (χ0v) is 19.8. The van der Waals surface area contributed by atoms with Gasteiger partial charge in [0.1, 0.15) is 11.5 Å². The van der Waals surface area contributed by atoms with Crippen LogP contribution in [0.2, 0.25) is 0 Å². The van der Waals surface area contributed by atoms with Crippen LogP contribution in [0.3, 0.4) is 0 Å². The molecule has 6 heteroatoms. The summed E-state index contributed by atoms with van der Waals surface area (Å²) in [6.07, 6.45) is 1.88. The largest absolute Gasteiger partial charge is 0.497 e. The molecule has 0 fully saturated rings. The van der Waals surface area contributed by atoms with Crippen molar-refractivity contribution in [1.82, 2.24) is 5.32 Å². The fourth-order valence-electron chi connectivity index (χ4n) is 4.48. The molecule has 0 saturated carbocycles. The van der Waals surface area contributed by atoms with E-state index >= 15 is 0 Å². The first-order valence-electron chi connectivity index (χ1n) is 11.6. The number of carbonyl (C=O) groups excluding carboxylic acids is 2. The number of carbonyl (C=O) groups is 2. The molecule has 1 aliphatic heterocycles. The molecule has 0 aromatic heterocycles. The molecular formula is C28H30N2O4. The summed E-state index contributed by atoms with van der Waals surface area (Å²) < 4.78 is 10.6. The number of methoxy groups -OCH3 is 2. The van der Waals surface area contributed by atoms with Crippen molar-refractivity contribution in [2.75, 3.05) is 25.7 Å². The molecule has 34 heavy (non-hydrogen) atoms. The third-order valence-corrected chi connectivity index (χ3v) is 6.26. The van der Waals surface area contributed by atoms with Gasteiger partial charge in [-0.3, -0.25) is 14.5 Å². The van der Waals surface area contributed by atoms with Gasteiger partial charge in [0, 0.05) is 17.8 Å². The molecule has 0 saturated heterocycles. The summed E-state index contributed by atoms with van der Waals surface area (Å²) in [5, 5.41) is 3.10. The Morgan fingerprint density at radius 1 is 0.912 bits per heavy atom. The molecule has 1 aliphatic rings. The molecule has 2 atom stereocenters. The number of benzene rings is 3. The van der Waals surface area contributed by atoms with Crippen LogP contribution in [-0.2, 0) is 4.79 Å². The molecule has 0 spiro atoms. The molecule has 3 aromatic carbocycles. The number of nitrogens with zero attached hydrogens (tertiary/aromatic N) is 1. The van der Waals surface area contributed by atoms with Crippen LogP contribution in [0.4, 0.5) is 5.69 Å². The van der Waals surface area contributed by atoms with Crippen molar-refractivity contribution in [2.24, 2.45) is 0 Å². The Kier molecular flexibility index (Phi) is 7.16. The number of anilines is 1. The second-order valence-corrected chi connectivity index (χ2v) is 8.30. The van der Waals surface area contributed by atoms with Crippen molar-refractivity contribution in [2.45, 2.75) is 31.7 Å². The lowest BCUT2D eigenvalue weighted by Crippen LogP contribution is -2.47. The molecule has 0 aliphatic carbocycles. The third kappa shape index (κ3) is 4.49. The smallest absolute Gasteiger partial charge is 0.259 e. The van der Waals surface area contributed by atoms with Gasteiger partial charge >= 0.3 is 0 Å². The van der Waals surface area contributed by atoms with E-state index in [2.05, 4.69) is 12.2 Å². The van der Waals surface area contributed by atoms with E-state index in [1.807, 2.05) is 66.7 Å². The predicted octanol–water partition coefficient (Wildman–Crippen LogP) is 5.11. The Balaban J connectivity index is 1.88. The molecule has 0 bridgehead atoms. The Labute approximate surface area is 200 Å². The molecule has 6 nitrogen and oxygen atoms in total. The van der Waals surface area contributed by atoms with Crippen LogP contribution in [0.5, 0.6) is 11.5 Å². The number of fused-ring (bicyclic) bond motifs is 1. The van der Waals surface area contributed by atoms with Gasteiger partial charge in [-0.05, 0) is 60.0 Å². The van der Waals surface area contributed by atoms with Gasteiger partial charge in [-0.1, -0.05) is 43.7 Å². The zero-order valence-electron chi connectivity index (χ0n) is 19.8. The molecular weight excluding hydrogens is 428 g/mol. The van der Waals surface area contributed by atoms with Crippen LogP contribution >= 0.6 is 0 Å². The van der Waals surface area contributed by atoms with Gasteiger partial charge in [-0.15, -0.1) is 0 Å². The van der Waals surface area contributed by atoms with Gasteiger partial charge in [0.25, 0.3) is 5.91 Å². The molecule has 4 rings (SSSR count). The van der Waals surface area contributed by atoms with Gasteiger partial charge in [0.2, 0.25) is 5.91 Å². The highest BCUT2D eigenvalue weighted by atomic mass is 16.5. The molecule has 1 heterocycles. The molecule has 2 unspecified atom stereocenters. The van der Waals surface area contributed by atoms with Crippen molar-refractivity contribution in [1.29, 1.82) is 0 Å². The standard InChI is InChI=1S/C28H30N2O4/c1-4-5-18-29-27(31)25-23-8-6-7-9-24(23)28(32)30(20-12-16-22(34-3)17-13-20)26(25)19-10-14-21(33-2)15-11-19/h6-17,25-26H,4-5,18H2,1-3H3,(H,29,31). The molecule has 2 amide bonds. The number of ether oxygens (including phenoxy) is 2. The fraction of sp³-hybridized carbons (Fsp3) is 0.286. The highest BCUT2D eigenvalue weighted by molar-refractivity contribution is 6.11. The van der Waals surface area contributed by atoms with E-state index in [1.54, 1.807) is 25.2 Å². The minimum Gasteiger partial charge on any atom is -0.497 e. The quantitative estimate of drug-likeness (QED) is 0.477. The SMILES string of the molecule is CCCCNC(=O)C1c2ccccc2C(=O)N(c2ccc(OC)cc2)C1c1ccc(OC)cc1. The van der Waals surface area contributed by atoms with E-state index < -0.39 is 12.0 Å². The second-order valence-electron chi connectivity index (χ2n) is 8.30. The van der Waals surface area contributed by atoms with E-state index in [9.17, 15) is 9.59 Å². The van der Waals surface area contributed by atoms with Crippen LogP contribution in [0.1, 0.15) is 53.2 Å². The highest BCUT2D eigenvalue weighted by Crippen LogP contribution is 2.45. The Bertz CT molecular complexity index is 1140. The van der Waals surface area contributed by atoms with E-state index in [1.165, 1.54) is 0 Å². The van der Waals surface area contributed by atoms with Crippen molar-refractivity contribution in [3.63, 3.8) is 0 Å². The van der Waals surface area contributed by atoms with Crippen molar-refractivity contribution in [3.8, 4) is 11.5 Å². The first-order chi connectivity index (χ1) is 16.6. The van der Waals surface area contributed by atoms with E-state index in [4.69, 9.17) is 9.47 Å². The first-order valence-corrected chi connectivity index (χ1v) is 11.6. The maximum atomic E-state index is 13.8. The van der Waals surface area contributed by atoms with Crippen LogP contribution in [0.15, 0.2) is 72.8 Å². The van der Waals surface area contributed by atoms with Gasteiger partial charge in [-0.2, -0.15) is 0 Å². The average molecular weight is 459 g/mol. The van der Waals surface area contributed by atoms with E-state index in [-0.39, 0.29) is 11.8 Å². The summed E-state index contributed by atoms with van der Waals surface area (Å²) in [7, 11) is 3.22. The fourth-order valence-corrected chi connectivity index (χ4v) is 4.48. The molecule has 1 N–H and O–H groups in total. The lowest BCUT2D eigenvalue weighted by Gasteiger charge is -2.42. The molecule has 0 radical (unpaired) electrons. The predicted molar refractivity (Wildman–Crippen MR) is 133 cm³/mol. The summed E-state index contributed by atoms with van der Waals surface area (Å²) in [4.78, 5) is 29.2. The summed E-state index contributed by atoms with van der Waals surface area (Å²) in [6, 6.07) is 21.8. The number of rotatable bonds is 8. The minimum absolute atomic E-state index is 0.0901. The summed E-state index contributed by atoms with van der Waals surface area (Å²) in [6.45, 7) is 2.69. The van der Waals surface area contributed by atoms with Crippen LogP contribution < -0.4 is 19.7 Å². The number of hydrogen-bond acceptors (Lipinski definition) is 4. The Hall–Kier alpha value is -3.80. The Morgan fingerprint density at radius 3 is 2.15 bits per heavy atom. The maximum absolute atomic E-state index is 13.8.